The molecule has 15 heavy (non-hydrogen) atoms. The number of thioether (sulfide) groups is 1. The Kier molecular flexibility index (Phi) is 5.79. The smallest absolute Gasteiger partial charge is 0.230 e. The van der Waals surface area contributed by atoms with Crippen LogP contribution in [0.15, 0.2) is 30.3 Å². The lowest BCUT2D eigenvalue weighted by molar-refractivity contribution is -0.119. The molecule has 0 aliphatic heterocycles. The van der Waals surface area contributed by atoms with Crippen LogP contribution in [0, 0.1) is 0 Å². The predicted octanol–water partition coefficient (Wildman–Crippen LogP) is 2.60. The molecule has 0 aromatic heterocycles. The van der Waals surface area contributed by atoms with Crippen molar-refractivity contribution in [3.63, 3.8) is 0 Å². The van der Waals surface area contributed by atoms with Crippen LogP contribution in [0.5, 0.6) is 0 Å². The van der Waals surface area contributed by atoms with E-state index in [1.165, 1.54) is 11.8 Å². The number of halogens is 1. The highest BCUT2D eigenvalue weighted by Crippen LogP contribution is 2.14. The van der Waals surface area contributed by atoms with Crippen LogP contribution in [0.2, 0.25) is 0 Å². The molecule has 0 saturated carbocycles. The number of hydrogen-bond donors (Lipinski definition) is 1. The molecule has 1 atom stereocenters. The SMILES string of the molecule is CSCC(=O)NC(CBr)c1ccccc1. The summed E-state index contributed by atoms with van der Waals surface area (Å²) in [5.74, 6) is 0.590. The summed E-state index contributed by atoms with van der Waals surface area (Å²) in [6, 6.07) is 10.0. The maximum absolute atomic E-state index is 11.4. The van der Waals surface area contributed by atoms with Gasteiger partial charge in [-0.3, -0.25) is 4.79 Å². The van der Waals surface area contributed by atoms with E-state index in [2.05, 4.69) is 21.2 Å². The fourth-order valence-corrected chi connectivity index (χ4v) is 2.14. The molecule has 82 valence electrons. The Bertz CT molecular complexity index is 305. The molecular formula is C11H14BrNOS. The van der Waals surface area contributed by atoms with E-state index in [9.17, 15) is 4.79 Å². The maximum atomic E-state index is 11.4. The molecule has 0 heterocycles. The van der Waals surface area contributed by atoms with Crippen LogP contribution in [-0.4, -0.2) is 23.2 Å². The van der Waals surface area contributed by atoms with Crippen LogP contribution in [0.1, 0.15) is 11.6 Å². The molecule has 0 bridgehead atoms. The van der Waals surface area contributed by atoms with Gasteiger partial charge in [0.25, 0.3) is 0 Å². The summed E-state index contributed by atoms with van der Waals surface area (Å²) in [5.41, 5.74) is 1.13. The zero-order valence-corrected chi connectivity index (χ0v) is 11.0. The molecule has 0 aliphatic carbocycles. The van der Waals surface area contributed by atoms with Crippen molar-refractivity contribution in [3.8, 4) is 0 Å². The van der Waals surface area contributed by atoms with Crippen molar-refractivity contribution in [1.29, 1.82) is 0 Å². The summed E-state index contributed by atoms with van der Waals surface area (Å²) in [7, 11) is 0. The first-order valence-electron chi connectivity index (χ1n) is 4.67. The van der Waals surface area contributed by atoms with Crippen LogP contribution in [0.25, 0.3) is 0 Å². The summed E-state index contributed by atoms with van der Waals surface area (Å²) in [6.45, 7) is 0. The van der Waals surface area contributed by atoms with Gasteiger partial charge in [-0.2, -0.15) is 11.8 Å². The van der Waals surface area contributed by atoms with Gasteiger partial charge in [-0.25, -0.2) is 0 Å². The number of carbonyl (C=O) groups excluding carboxylic acids is 1. The van der Waals surface area contributed by atoms with Crippen LogP contribution in [0.3, 0.4) is 0 Å². The predicted molar refractivity (Wildman–Crippen MR) is 69.5 cm³/mol. The first-order chi connectivity index (χ1) is 7.27. The van der Waals surface area contributed by atoms with Gasteiger partial charge in [0.05, 0.1) is 11.8 Å². The lowest BCUT2D eigenvalue weighted by Crippen LogP contribution is -2.30. The number of rotatable bonds is 5. The zero-order valence-electron chi connectivity index (χ0n) is 8.57. The second-order valence-electron chi connectivity index (χ2n) is 3.12. The highest BCUT2D eigenvalue weighted by atomic mass is 79.9. The number of nitrogens with one attached hydrogen (secondary N) is 1. The molecule has 1 unspecified atom stereocenters. The average molecular weight is 288 g/mol. The van der Waals surface area contributed by atoms with E-state index in [-0.39, 0.29) is 11.9 Å². The molecule has 4 heteroatoms. The van der Waals surface area contributed by atoms with Crippen LogP contribution in [0.4, 0.5) is 0 Å². The van der Waals surface area contributed by atoms with E-state index >= 15 is 0 Å². The van der Waals surface area contributed by atoms with Crippen molar-refractivity contribution in [2.75, 3.05) is 17.3 Å². The Morgan fingerprint density at radius 3 is 2.67 bits per heavy atom. The Balaban J connectivity index is 2.61. The van der Waals surface area contributed by atoms with Crippen LogP contribution < -0.4 is 5.32 Å². The van der Waals surface area contributed by atoms with Gasteiger partial charge >= 0.3 is 0 Å². The topological polar surface area (TPSA) is 29.1 Å². The summed E-state index contributed by atoms with van der Waals surface area (Å²) >= 11 is 4.94. The highest BCUT2D eigenvalue weighted by Gasteiger charge is 2.11. The average Bonchev–Trinajstić information content (AvgIpc) is 2.27. The van der Waals surface area contributed by atoms with Gasteiger partial charge in [-0.15, -0.1) is 0 Å². The van der Waals surface area contributed by atoms with Crippen molar-refractivity contribution in [1.82, 2.24) is 5.32 Å². The van der Waals surface area contributed by atoms with Crippen molar-refractivity contribution < 1.29 is 4.79 Å². The quantitative estimate of drug-likeness (QED) is 0.844. The van der Waals surface area contributed by atoms with E-state index in [0.29, 0.717) is 5.75 Å². The highest BCUT2D eigenvalue weighted by molar-refractivity contribution is 9.09. The second kappa shape index (κ2) is 6.90. The molecule has 1 aromatic rings. The van der Waals surface area contributed by atoms with E-state index < -0.39 is 0 Å². The Morgan fingerprint density at radius 1 is 1.47 bits per heavy atom. The van der Waals surface area contributed by atoms with Crippen molar-refractivity contribution >= 4 is 33.6 Å². The third-order valence-electron chi connectivity index (χ3n) is 1.97. The molecule has 0 spiro atoms. The summed E-state index contributed by atoms with van der Waals surface area (Å²) < 4.78 is 0. The minimum Gasteiger partial charge on any atom is -0.348 e. The van der Waals surface area contributed by atoms with Gasteiger partial charge in [0.2, 0.25) is 5.91 Å². The summed E-state index contributed by atoms with van der Waals surface area (Å²) in [5, 5.41) is 3.71. The molecule has 1 rings (SSSR count). The van der Waals surface area contributed by atoms with Crippen molar-refractivity contribution in [2.24, 2.45) is 0 Å². The van der Waals surface area contributed by atoms with Gasteiger partial charge in [0.1, 0.15) is 0 Å². The largest absolute Gasteiger partial charge is 0.348 e. The Morgan fingerprint density at radius 2 is 2.13 bits per heavy atom. The maximum Gasteiger partial charge on any atom is 0.230 e. The Hall–Kier alpha value is -0.480. The van der Waals surface area contributed by atoms with E-state index in [0.717, 1.165) is 10.9 Å². The zero-order chi connectivity index (χ0) is 11.1. The number of amides is 1. The van der Waals surface area contributed by atoms with Gasteiger partial charge in [-0.05, 0) is 11.8 Å². The van der Waals surface area contributed by atoms with Crippen molar-refractivity contribution in [2.45, 2.75) is 6.04 Å². The van der Waals surface area contributed by atoms with E-state index in [1.807, 2.05) is 36.6 Å². The molecule has 1 amide bonds. The van der Waals surface area contributed by atoms with Crippen LogP contribution >= 0.6 is 27.7 Å². The number of alkyl halides is 1. The minimum atomic E-state index is 0.0610. The first kappa shape index (κ1) is 12.6. The van der Waals surface area contributed by atoms with Gasteiger partial charge in [0, 0.05) is 5.33 Å². The standard InChI is InChI=1S/C11H14BrNOS/c1-15-8-11(14)13-10(7-12)9-5-3-2-4-6-9/h2-6,10H,7-8H2,1H3,(H,13,14). The molecule has 0 radical (unpaired) electrons. The lowest BCUT2D eigenvalue weighted by Gasteiger charge is -2.16. The van der Waals surface area contributed by atoms with Crippen LogP contribution in [-0.2, 0) is 4.79 Å². The normalized spacial score (nSPS) is 12.1. The summed E-state index contributed by atoms with van der Waals surface area (Å²) in [4.78, 5) is 11.4. The van der Waals surface area contributed by atoms with Gasteiger partial charge in [0.15, 0.2) is 0 Å². The second-order valence-corrected chi connectivity index (χ2v) is 4.63. The number of hydrogen-bond acceptors (Lipinski definition) is 2. The van der Waals surface area contributed by atoms with E-state index in [4.69, 9.17) is 0 Å². The summed E-state index contributed by atoms with van der Waals surface area (Å²) in [6.07, 6.45) is 1.92. The third-order valence-corrected chi connectivity index (χ3v) is 3.17. The Labute approximate surface area is 103 Å². The van der Waals surface area contributed by atoms with E-state index in [1.54, 1.807) is 0 Å². The molecule has 0 aliphatic rings. The number of benzene rings is 1. The molecule has 0 saturated heterocycles. The monoisotopic (exact) mass is 287 g/mol. The van der Waals surface area contributed by atoms with Gasteiger partial charge < -0.3 is 5.32 Å². The molecule has 0 fully saturated rings. The fourth-order valence-electron chi connectivity index (χ4n) is 1.26. The molecule has 2 nitrogen and oxygen atoms in total. The lowest BCUT2D eigenvalue weighted by atomic mass is 10.1. The number of carbonyl (C=O) groups is 1. The molecular weight excluding hydrogens is 274 g/mol. The third kappa shape index (κ3) is 4.26. The molecule has 1 aromatic carbocycles. The fraction of sp³-hybridized carbons (Fsp3) is 0.364. The molecule has 1 N–H and O–H groups in total. The minimum absolute atomic E-state index is 0.0610. The van der Waals surface area contributed by atoms with Crippen molar-refractivity contribution in [3.05, 3.63) is 35.9 Å². The first-order valence-corrected chi connectivity index (χ1v) is 7.18. The van der Waals surface area contributed by atoms with Gasteiger partial charge in [-0.1, -0.05) is 46.3 Å².